The van der Waals surface area contributed by atoms with E-state index in [-0.39, 0.29) is 12.3 Å². The summed E-state index contributed by atoms with van der Waals surface area (Å²) in [6.07, 6.45) is 0.220. The molecule has 0 unspecified atom stereocenters. The van der Waals surface area contributed by atoms with Gasteiger partial charge in [0.25, 0.3) is 5.91 Å². The van der Waals surface area contributed by atoms with Crippen molar-refractivity contribution in [1.29, 1.82) is 0 Å². The molecule has 0 saturated heterocycles. The summed E-state index contributed by atoms with van der Waals surface area (Å²) >= 11 is 0. The van der Waals surface area contributed by atoms with Gasteiger partial charge < -0.3 is 10.5 Å². The van der Waals surface area contributed by atoms with Crippen molar-refractivity contribution in [3.05, 3.63) is 24.3 Å². The SMILES string of the molecule is CCOC1=NN(c2ccc(N)cc2)C(=O)C1. The highest BCUT2D eigenvalue weighted by Crippen LogP contribution is 2.21. The van der Waals surface area contributed by atoms with Crippen LogP contribution in [0.5, 0.6) is 0 Å². The molecule has 1 amide bonds. The summed E-state index contributed by atoms with van der Waals surface area (Å²) < 4.78 is 5.21. The van der Waals surface area contributed by atoms with Crippen molar-refractivity contribution in [1.82, 2.24) is 0 Å². The van der Waals surface area contributed by atoms with Crippen LogP contribution >= 0.6 is 0 Å². The van der Waals surface area contributed by atoms with Gasteiger partial charge in [-0.05, 0) is 31.2 Å². The molecule has 1 aromatic rings. The number of hydrazone groups is 1. The highest BCUT2D eigenvalue weighted by Gasteiger charge is 2.25. The van der Waals surface area contributed by atoms with Crippen molar-refractivity contribution in [3.8, 4) is 0 Å². The van der Waals surface area contributed by atoms with Crippen LogP contribution in [0.15, 0.2) is 29.4 Å². The summed E-state index contributed by atoms with van der Waals surface area (Å²) in [5.41, 5.74) is 6.93. The minimum atomic E-state index is -0.0896. The number of benzene rings is 1. The number of hydrogen-bond acceptors (Lipinski definition) is 4. The molecule has 2 rings (SSSR count). The molecule has 0 bridgehead atoms. The van der Waals surface area contributed by atoms with Crippen LogP contribution in [0.4, 0.5) is 11.4 Å². The van der Waals surface area contributed by atoms with Crippen molar-refractivity contribution < 1.29 is 9.53 Å². The topological polar surface area (TPSA) is 67.9 Å². The van der Waals surface area contributed by atoms with Crippen LogP contribution < -0.4 is 10.7 Å². The maximum absolute atomic E-state index is 11.6. The lowest BCUT2D eigenvalue weighted by Gasteiger charge is -2.10. The van der Waals surface area contributed by atoms with Crippen LogP contribution in [0.2, 0.25) is 0 Å². The number of carbonyl (C=O) groups excluding carboxylic acids is 1. The molecule has 0 saturated carbocycles. The van der Waals surface area contributed by atoms with Gasteiger partial charge in [0.05, 0.1) is 12.3 Å². The lowest BCUT2D eigenvalue weighted by atomic mass is 10.3. The molecule has 16 heavy (non-hydrogen) atoms. The van der Waals surface area contributed by atoms with Crippen molar-refractivity contribution in [3.63, 3.8) is 0 Å². The van der Waals surface area contributed by atoms with Crippen LogP contribution in [0, 0.1) is 0 Å². The smallest absolute Gasteiger partial charge is 0.256 e. The van der Waals surface area contributed by atoms with Gasteiger partial charge in [0.1, 0.15) is 6.42 Å². The number of nitrogen functional groups attached to an aromatic ring is 1. The van der Waals surface area contributed by atoms with Gasteiger partial charge in [-0.15, -0.1) is 5.10 Å². The van der Waals surface area contributed by atoms with Gasteiger partial charge in [-0.1, -0.05) is 0 Å². The summed E-state index contributed by atoms with van der Waals surface area (Å²) in [5.74, 6) is 0.373. The van der Waals surface area contributed by atoms with E-state index in [9.17, 15) is 4.79 Å². The second-order valence-corrected chi connectivity index (χ2v) is 3.40. The number of hydrogen-bond donors (Lipinski definition) is 1. The number of rotatable bonds is 2. The predicted octanol–water partition coefficient (Wildman–Crippen LogP) is 1.36. The molecule has 5 heteroatoms. The molecule has 1 aromatic carbocycles. The van der Waals surface area contributed by atoms with E-state index in [1.165, 1.54) is 5.01 Å². The van der Waals surface area contributed by atoms with E-state index in [2.05, 4.69) is 5.10 Å². The van der Waals surface area contributed by atoms with Gasteiger partial charge in [0, 0.05) is 5.69 Å². The third-order valence-electron chi connectivity index (χ3n) is 2.20. The Morgan fingerprint density at radius 3 is 2.75 bits per heavy atom. The number of anilines is 2. The van der Waals surface area contributed by atoms with Crippen LogP contribution in [-0.2, 0) is 9.53 Å². The lowest BCUT2D eigenvalue weighted by Crippen LogP contribution is -2.19. The fourth-order valence-electron chi connectivity index (χ4n) is 1.47. The van der Waals surface area contributed by atoms with E-state index >= 15 is 0 Å². The first kappa shape index (κ1) is 10.5. The van der Waals surface area contributed by atoms with Gasteiger partial charge in [-0.25, -0.2) is 0 Å². The normalized spacial score (nSPS) is 15.2. The maximum atomic E-state index is 11.6. The average molecular weight is 219 g/mol. The molecule has 5 nitrogen and oxygen atoms in total. The molecule has 1 aliphatic heterocycles. The number of nitrogens with zero attached hydrogens (tertiary/aromatic N) is 2. The van der Waals surface area contributed by atoms with Gasteiger partial charge in [-0.3, -0.25) is 4.79 Å². The zero-order chi connectivity index (χ0) is 11.5. The molecular formula is C11H13N3O2. The summed E-state index contributed by atoms with van der Waals surface area (Å²) in [5, 5.41) is 5.43. The van der Waals surface area contributed by atoms with E-state index in [1.807, 2.05) is 6.92 Å². The molecule has 0 spiro atoms. The first-order valence-corrected chi connectivity index (χ1v) is 5.09. The molecule has 0 fully saturated rings. The molecule has 84 valence electrons. The quantitative estimate of drug-likeness (QED) is 0.763. The van der Waals surface area contributed by atoms with E-state index in [1.54, 1.807) is 24.3 Å². The summed E-state index contributed by atoms with van der Waals surface area (Å²) in [6.45, 7) is 2.38. The third-order valence-corrected chi connectivity index (χ3v) is 2.20. The van der Waals surface area contributed by atoms with Crippen LogP contribution in [0.1, 0.15) is 13.3 Å². The average Bonchev–Trinajstić information content (AvgIpc) is 2.61. The highest BCUT2D eigenvalue weighted by atomic mass is 16.5. The first-order valence-electron chi connectivity index (χ1n) is 5.09. The second-order valence-electron chi connectivity index (χ2n) is 3.40. The van der Waals surface area contributed by atoms with Crippen molar-refractivity contribution in [2.24, 2.45) is 5.10 Å². The van der Waals surface area contributed by atoms with E-state index < -0.39 is 0 Å². The number of ether oxygens (including phenoxy) is 1. The predicted molar refractivity (Wildman–Crippen MR) is 62.0 cm³/mol. The minimum Gasteiger partial charge on any atom is -0.480 e. The molecular weight excluding hydrogens is 206 g/mol. The fourth-order valence-corrected chi connectivity index (χ4v) is 1.47. The largest absolute Gasteiger partial charge is 0.480 e. The van der Waals surface area contributed by atoms with Crippen LogP contribution in [0.25, 0.3) is 0 Å². The van der Waals surface area contributed by atoms with Crippen molar-refractivity contribution >= 4 is 23.2 Å². The summed E-state index contributed by atoms with van der Waals surface area (Å²) in [7, 11) is 0. The maximum Gasteiger partial charge on any atom is 0.256 e. The number of amides is 1. The van der Waals surface area contributed by atoms with Gasteiger partial charge in [0.15, 0.2) is 0 Å². The van der Waals surface area contributed by atoms with E-state index in [0.717, 1.165) is 0 Å². The molecule has 0 atom stereocenters. The van der Waals surface area contributed by atoms with Crippen molar-refractivity contribution in [2.75, 3.05) is 17.3 Å². The Bertz CT molecular complexity index is 425. The molecule has 1 aliphatic rings. The lowest BCUT2D eigenvalue weighted by molar-refractivity contribution is -0.117. The zero-order valence-corrected chi connectivity index (χ0v) is 9.01. The Balaban J connectivity index is 2.21. The Morgan fingerprint density at radius 2 is 2.12 bits per heavy atom. The summed E-state index contributed by atoms with van der Waals surface area (Å²) in [4.78, 5) is 11.6. The van der Waals surface area contributed by atoms with Gasteiger partial charge in [-0.2, -0.15) is 5.01 Å². The van der Waals surface area contributed by atoms with Gasteiger partial charge >= 0.3 is 0 Å². The van der Waals surface area contributed by atoms with Crippen molar-refractivity contribution in [2.45, 2.75) is 13.3 Å². The molecule has 1 heterocycles. The molecule has 0 aliphatic carbocycles. The van der Waals surface area contributed by atoms with Crippen LogP contribution in [-0.4, -0.2) is 18.4 Å². The zero-order valence-electron chi connectivity index (χ0n) is 9.01. The Hall–Kier alpha value is -2.04. The molecule has 2 N–H and O–H groups in total. The Kier molecular flexibility index (Phi) is 2.76. The minimum absolute atomic E-state index is 0.0896. The Labute approximate surface area is 93.5 Å². The third kappa shape index (κ3) is 1.98. The summed E-state index contributed by atoms with van der Waals surface area (Å²) in [6, 6.07) is 6.98. The standard InChI is InChI=1S/C11H13N3O2/c1-2-16-10-7-11(15)14(13-10)9-5-3-8(12)4-6-9/h3-6H,2,7,12H2,1H3. The van der Waals surface area contributed by atoms with E-state index in [0.29, 0.717) is 23.9 Å². The van der Waals surface area contributed by atoms with Crippen LogP contribution in [0.3, 0.4) is 0 Å². The van der Waals surface area contributed by atoms with Gasteiger partial charge in [0.2, 0.25) is 5.90 Å². The molecule has 0 aromatic heterocycles. The fraction of sp³-hybridized carbons (Fsp3) is 0.273. The van der Waals surface area contributed by atoms with E-state index in [4.69, 9.17) is 10.5 Å². The molecule has 0 radical (unpaired) electrons. The number of carbonyl (C=O) groups is 1. The first-order chi connectivity index (χ1) is 7.70. The Morgan fingerprint density at radius 1 is 1.44 bits per heavy atom. The number of nitrogens with two attached hydrogens (primary N) is 1. The second kappa shape index (κ2) is 4.22. The monoisotopic (exact) mass is 219 g/mol. The highest BCUT2D eigenvalue weighted by molar-refractivity contribution is 6.10.